The summed E-state index contributed by atoms with van der Waals surface area (Å²) in [4.78, 5) is 55.4. The number of ether oxygens (including phenoxy) is 2. The largest absolute Gasteiger partial charge is 0.543 e. The number of esters is 1. The Balaban J connectivity index is 1.86. The average Bonchev–Trinajstić information content (AvgIpc) is 3.16. The highest BCUT2D eigenvalue weighted by Gasteiger charge is 2.39. The molecule has 1 aliphatic heterocycles. The van der Waals surface area contributed by atoms with E-state index < -0.39 is 50.1 Å². The summed E-state index contributed by atoms with van der Waals surface area (Å²) in [5, 5.41) is 7.32. The van der Waals surface area contributed by atoms with Crippen molar-refractivity contribution in [3.8, 4) is 5.75 Å². The van der Waals surface area contributed by atoms with Crippen LogP contribution >= 0.6 is 0 Å². The van der Waals surface area contributed by atoms with E-state index in [2.05, 4.69) is 63.1 Å². The maximum atomic E-state index is 14.4. The summed E-state index contributed by atoms with van der Waals surface area (Å²) in [5.41, 5.74) is 5.62. The van der Waals surface area contributed by atoms with E-state index in [0.29, 0.717) is 44.6 Å². The van der Waals surface area contributed by atoms with Crippen molar-refractivity contribution in [1.82, 2.24) is 21.1 Å². The smallest absolute Gasteiger partial charge is 0.325 e. The monoisotopic (exact) mass is 790 g/mol. The summed E-state index contributed by atoms with van der Waals surface area (Å²) in [6.07, 6.45) is 5.67. The van der Waals surface area contributed by atoms with Crippen LogP contribution in [0, 0.1) is 11.8 Å². The second kappa shape index (κ2) is 21.3. The second-order valence-electron chi connectivity index (χ2n) is 16.5. The van der Waals surface area contributed by atoms with Gasteiger partial charge < -0.3 is 24.5 Å². The molecule has 11 nitrogen and oxygen atoms in total. The van der Waals surface area contributed by atoms with Crippen molar-refractivity contribution >= 4 is 38.1 Å². The molecule has 3 rings (SSSR count). The molecule has 12 heteroatoms. The molecule has 0 spiro atoms. The highest BCUT2D eigenvalue weighted by Crippen LogP contribution is 2.37. The van der Waals surface area contributed by atoms with Gasteiger partial charge in [-0.25, -0.2) is 5.43 Å². The highest BCUT2D eigenvalue weighted by atomic mass is 28.4. The van der Waals surface area contributed by atoms with E-state index in [9.17, 15) is 19.2 Å². The fourth-order valence-corrected chi connectivity index (χ4v) is 7.23. The summed E-state index contributed by atoms with van der Waals surface area (Å²) in [6.45, 7) is 26.7. The van der Waals surface area contributed by atoms with Gasteiger partial charge in [-0.2, -0.15) is 0 Å². The third-order valence-corrected chi connectivity index (χ3v) is 15.0. The third kappa shape index (κ3) is 13.4. The number of hydrazine groups is 1. The van der Waals surface area contributed by atoms with Gasteiger partial charge in [0, 0.05) is 19.6 Å². The molecule has 0 unspecified atom stereocenters. The van der Waals surface area contributed by atoms with Gasteiger partial charge in [0.05, 0.1) is 12.0 Å². The van der Waals surface area contributed by atoms with Gasteiger partial charge in [-0.1, -0.05) is 90.6 Å². The zero-order chi connectivity index (χ0) is 41.6. The van der Waals surface area contributed by atoms with Crippen LogP contribution in [0.5, 0.6) is 5.75 Å². The van der Waals surface area contributed by atoms with Crippen LogP contribution in [0.1, 0.15) is 90.8 Å². The first-order valence-electron chi connectivity index (χ1n) is 20.0. The topological polar surface area (TPSA) is 135 Å². The zero-order valence-corrected chi connectivity index (χ0v) is 36.1. The van der Waals surface area contributed by atoms with Crippen molar-refractivity contribution in [2.45, 2.75) is 130 Å². The second-order valence-corrected chi connectivity index (χ2v) is 21.2. The lowest BCUT2D eigenvalue weighted by Crippen LogP contribution is -2.62. The van der Waals surface area contributed by atoms with E-state index in [1.54, 1.807) is 19.1 Å². The van der Waals surface area contributed by atoms with E-state index in [4.69, 9.17) is 13.9 Å². The number of amides is 3. The molecule has 0 bridgehead atoms. The normalized spacial score (nSPS) is 16.9. The predicted octanol–water partition coefficient (Wildman–Crippen LogP) is 7.13. The van der Waals surface area contributed by atoms with Crippen molar-refractivity contribution in [2.24, 2.45) is 11.8 Å². The van der Waals surface area contributed by atoms with Crippen LogP contribution in [0.2, 0.25) is 18.1 Å². The Morgan fingerprint density at radius 3 is 2.34 bits per heavy atom. The molecule has 56 heavy (non-hydrogen) atoms. The van der Waals surface area contributed by atoms with Gasteiger partial charge in [0.15, 0.2) is 0 Å². The maximum absolute atomic E-state index is 14.4. The van der Waals surface area contributed by atoms with Gasteiger partial charge in [0.25, 0.3) is 5.91 Å². The van der Waals surface area contributed by atoms with Crippen molar-refractivity contribution in [3.05, 3.63) is 84.5 Å². The van der Waals surface area contributed by atoms with Gasteiger partial charge in [-0.3, -0.25) is 24.2 Å². The lowest BCUT2D eigenvalue weighted by Gasteiger charge is -2.36. The minimum atomic E-state index is -2.17. The Labute approximate surface area is 336 Å². The first-order chi connectivity index (χ1) is 26.4. The first-order valence-corrected chi connectivity index (χ1v) is 22.9. The van der Waals surface area contributed by atoms with Crippen LogP contribution in [0.25, 0.3) is 6.08 Å². The molecule has 1 heterocycles. The summed E-state index contributed by atoms with van der Waals surface area (Å²) >= 11 is 0. The summed E-state index contributed by atoms with van der Waals surface area (Å²) in [7, 11) is -2.17. The molecule has 0 saturated carbocycles. The molecule has 0 aromatic heterocycles. The number of hydrogen-bond acceptors (Lipinski definition) is 8. The average molecular weight is 791 g/mol. The van der Waals surface area contributed by atoms with Crippen molar-refractivity contribution in [2.75, 3.05) is 13.2 Å². The summed E-state index contributed by atoms with van der Waals surface area (Å²) in [5.74, 6) is -1.79. The molecule has 1 aliphatic rings. The number of hydrogen-bond donors (Lipinski definition) is 3. The number of benzene rings is 2. The molecule has 308 valence electrons. The van der Waals surface area contributed by atoms with Crippen molar-refractivity contribution in [3.63, 3.8) is 0 Å². The van der Waals surface area contributed by atoms with Crippen LogP contribution in [0.15, 0.2) is 67.8 Å². The minimum absolute atomic E-state index is 0.0230. The SMILES string of the molecule is C=CCC[C@@H](OCC)[C@@H](C)C(=O)N[C@H](C(=O)N[C@@H](Cc1cccc(O[Si](C)(C)C(C)(C)C)c1)C(=O)N1CCC[C@@H](C(=O)OCc2cccc(C=C)c2)N1)C(C)C. The summed E-state index contributed by atoms with van der Waals surface area (Å²) in [6, 6.07) is 12.5. The molecular formula is C44H66N4O7Si. The number of carbonyl (C=O) groups excluding carboxylic acids is 4. The van der Waals surface area contributed by atoms with Gasteiger partial charge in [0.2, 0.25) is 20.1 Å². The molecule has 0 radical (unpaired) electrons. The molecule has 3 N–H and O–H groups in total. The van der Waals surface area contributed by atoms with Crippen molar-refractivity contribution < 1.29 is 33.1 Å². The maximum Gasteiger partial charge on any atom is 0.325 e. The van der Waals surface area contributed by atoms with Crippen LogP contribution in [0.3, 0.4) is 0 Å². The van der Waals surface area contributed by atoms with Gasteiger partial charge in [-0.15, -0.1) is 6.58 Å². The van der Waals surface area contributed by atoms with Gasteiger partial charge in [-0.05, 0) is 91.5 Å². The Morgan fingerprint density at radius 1 is 1.00 bits per heavy atom. The fourth-order valence-electron chi connectivity index (χ4n) is 6.21. The molecule has 2 aromatic rings. The molecule has 1 fully saturated rings. The summed E-state index contributed by atoms with van der Waals surface area (Å²) < 4.78 is 18.1. The number of nitrogens with zero attached hydrogens (tertiary/aromatic N) is 1. The fraction of sp³-hybridized carbons (Fsp3) is 0.545. The lowest BCUT2D eigenvalue weighted by molar-refractivity contribution is -0.154. The van der Waals surface area contributed by atoms with E-state index >= 15 is 0 Å². The zero-order valence-electron chi connectivity index (χ0n) is 35.1. The minimum Gasteiger partial charge on any atom is -0.543 e. The Kier molecular flexibility index (Phi) is 17.6. The van der Waals surface area contributed by atoms with Crippen LogP contribution in [-0.2, 0) is 41.7 Å². The van der Waals surface area contributed by atoms with E-state index in [1.807, 2.05) is 69.3 Å². The van der Waals surface area contributed by atoms with E-state index in [-0.39, 0.29) is 36.0 Å². The van der Waals surface area contributed by atoms with Crippen LogP contribution < -0.4 is 20.5 Å². The Bertz CT molecular complexity index is 1660. The Hall–Kier alpha value is -4.26. The van der Waals surface area contributed by atoms with Gasteiger partial charge in [0.1, 0.15) is 30.5 Å². The first kappa shape index (κ1) is 46.1. The molecular weight excluding hydrogens is 725 g/mol. The standard InChI is InChI=1S/C44H66N4O7Si/c1-12-15-24-38(53-14-3)31(6)40(49)46-39(30(4)5)41(50)45-37(28-33-20-17-22-35(27-33)55-56(10,11)44(7,8)9)42(51)48-25-18-23-36(47-48)43(52)54-29-34-21-16-19-32(13-2)26-34/h12-13,16-17,19-22,26-27,30-31,36-39,47H,1-2,14-15,18,23-25,28-29H2,3-11H3,(H,45,50)(H,46,49)/t31-,36+,37+,38-,39+/m1/s1. The highest BCUT2D eigenvalue weighted by molar-refractivity contribution is 6.74. The number of rotatable bonds is 20. The third-order valence-electron chi connectivity index (χ3n) is 10.7. The van der Waals surface area contributed by atoms with E-state index in [0.717, 1.165) is 16.7 Å². The molecule has 1 saturated heterocycles. The molecule has 2 aromatic carbocycles. The molecule has 5 atom stereocenters. The molecule has 3 amide bonds. The predicted molar refractivity (Wildman–Crippen MR) is 225 cm³/mol. The lowest BCUT2D eigenvalue weighted by atomic mass is 9.96. The number of carbonyl (C=O) groups is 4. The molecule has 0 aliphatic carbocycles. The number of allylic oxidation sites excluding steroid dienone is 1. The van der Waals surface area contributed by atoms with E-state index in [1.165, 1.54) is 5.01 Å². The quantitative estimate of drug-likeness (QED) is 0.0733. The van der Waals surface area contributed by atoms with Crippen LogP contribution in [0.4, 0.5) is 0 Å². The number of nitrogens with one attached hydrogen (secondary N) is 3. The Morgan fingerprint density at radius 2 is 1.70 bits per heavy atom. The van der Waals surface area contributed by atoms with Crippen LogP contribution in [-0.4, -0.2) is 74.4 Å². The van der Waals surface area contributed by atoms with Crippen molar-refractivity contribution in [1.29, 1.82) is 0 Å². The van der Waals surface area contributed by atoms with Gasteiger partial charge >= 0.3 is 5.97 Å².